The van der Waals surface area contributed by atoms with Crippen molar-refractivity contribution in [2.75, 3.05) is 10.6 Å². The van der Waals surface area contributed by atoms with Crippen LogP contribution in [-0.2, 0) is 0 Å². The Balaban J connectivity index is 1.33. The molecule has 4 N–H and O–H groups in total. The first-order valence-corrected chi connectivity index (χ1v) is 11.5. The monoisotopic (exact) mass is 460 g/mol. The molecule has 1 aliphatic carbocycles. The lowest BCUT2D eigenvalue weighted by Crippen LogP contribution is -2.33. The van der Waals surface area contributed by atoms with Crippen LogP contribution >= 0.6 is 0 Å². The molecule has 0 unspecified atom stereocenters. The standard InChI is InChI=1S/C23H28N10O/c1-14(2)33-30-22(28-31-33)15-4-3-5-18(12-15)27-23(34)19-13-25-21-11-10-20(29-32(19)21)26-17-8-6-16(24)7-9-17/h3-5,10-14,16-17H,6-9,24H2,1-2H3,(H,26,29)(H,27,34). The maximum atomic E-state index is 13.1. The highest BCUT2D eigenvalue weighted by Crippen LogP contribution is 2.22. The summed E-state index contributed by atoms with van der Waals surface area (Å²) in [6.45, 7) is 3.97. The Morgan fingerprint density at radius 1 is 1.12 bits per heavy atom. The molecule has 1 aromatic carbocycles. The third-order valence-corrected chi connectivity index (χ3v) is 5.99. The fraction of sp³-hybridized carbons (Fsp3) is 0.391. The maximum Gasteiger partial charge on any atom is 0.276 e. The summed E-state index contributed by atoms with van der Waals surface area (Å²) in [5.74, 6) is 0.902. The third kappa shape index (κ3) is 4.60. The number of carbonyl (C=O) groups excluding carboxylic acids is 1. The lowest BCUT2D eigenvalue weighted by molar-refractivity contribution is 0.102. The Kier molecular flexibility index (Phi) is 5.93. The molecule has 5 rings (SSSR count). The van der Waals surface area contributed by atoms with E-state index in [0.717, 1.165) is 31.2 Å². The van der Waals surface area contributed by atoms with Crippen molar-refractivity contribution in [1.29, 1.82) is 0 Å². The summed E-state index contributed by atoms with van der Waals surface area (Å²) in [5.41, 5.74) is 8.34. The van der Waals surface area contributed by atoms with Crippen LogP contribution < -0.4 is 16.4 Å². The van der Waals surface area contributed by atoms with E-state index in [0.29, 0.717) is 34.7 Å². The zero-order chi connectivity index (χ0) is 23.7. The Morgan fingerprint density at radius 2 is 1.94 bits per heavy atom. The minimum Gasteiger partial charge on any atom is -0.366 e. The predicted molar refractivity (Wildman–Crippen MR) is 128 cm³/mol. The van der Waals surface area contributed by atoms with Gasteiger partial charge in [-0.05, 0) is 69.0 Å². The number of anilines is 2. The zero-order valence-electron chi connectivity index (χ0n) is 19.2. The molecule has 11 nitrogen and oxygen atoms in total. The van der Waals surface area contributed by atoms with Crippen LogP contribution in [0.2, 0.25) is 0 Å². The van der Waals surface area contributed by atoms with E-state index >= 15 is 0 Å². The molecule has 0 radical (unpaired) electrons. The Labute approximate surface area is 196 Å². The number of rotatable bonds is 6. The average Bonchev–Trinajstić information content (AvgIpc) is 3.48. The topological polar surface area (TPSA) is 141 Å². The highest BCUT2D eigenvalue weighted by molar-refractivity contribution is 6.03. The molecule has 3 aromatic heterocycles. The predicted octanol–water partition coefficient (Wildman–Crippen LogP) is 2.90. The van der Waals surface area contributed by atoms with Crippen LogP contribution in [-0.4, -0.2) is 52.8 Å². The number of nitrogens with two attached hydrogens (primary N) is 1. The van der Waals surface area contributed by atoms with Crippen molar-refractivity contribution in [3.63, 3.8) is 0 Å². The molecule has 0 spiro atoms. The van der Waals surface area contributed by atoms with Crippen LogP contribution in [0, 0.1) is 0 Å². The number of benzene rings is 1. The zero-order valence-corrected chi connectivity index (χ0v) is 19.2. The quantitative estimate of drug-likeness (QED) is 0.399. The summed E-state index contributed by atoms with van der Waals surface area (Å²) in [6.07, 6.45) is 5.55. The summed E-state index contributed by atoms with van der Waals surface area (Å²) >= 11 is 0. The van der Waals surface area contributed by atoms with E-state index < -0.39 is 0 Å². The van der Waals surface area contributed by atoms with Gasteiger partial charge in [-0.3, -0.25) is 4.79 Å². The maximum absolute atomic E-state index is 13.1. The average molecular weight is 461 g/mol. The van der Waals surface area contributed by atoms with Crippen LogP contribution in [0.5, 0.6) is 0 Å². The van der Waals surface area contributed by atoms with E-state index in [1.54, 1.807) is 9.31 Å². The summed E-state index contributed by atoms with van der Waals surface area (Å²) in [7, 11) is 0. The number of aromatic nitrogens is 7. The lowest BCUT2D eigenvalue weighted by atomic mass is 9.92. The number of nitrogens with one attached hydrogen (secondary N) is 2. The molecule has 1 aliphatic rings. The van der Waals surface area contributed by atoms with Gasteiger partial charge < -0.3 is 16.4 Å². The van der Waals surface area contributed by atoms with Crippen molar-refractivity contribution < 1.29 is 4.79 Å². The molecule has 0 atom stereocenters. The number of carbonyl (C=O) groups is 1. The van der Waals surface area contributed by atoms with Gasteiger partial charge >= 0.3 is 0 Å². The first-order valence-electron chi connectivity index (χ1n) is 11.5. The van der Waals surface area contributed by atoms with E-state index in [1.165, 1.54) is 6.20 Å². The van der Waals surface area contributed by atoms with Crippen molar-refractivity contribution in [3.05, 3.63) is 48.3 Å². The van der Waals surface area contributed by atoms with Gasteiger partial charge in [0.25, 0.3) is 5.91 Å². The van der Waals surface area contributed by atoms with Gasteiger partial charge in [-0.25, -0.2) is 9.50 Å². The van der Waals surface area contributed by atoms with Crippen LogP contribution in [0.25, 0.3) is 17.0 Å². The first-order chi connectivity index (χ1) is 16.5. The summed E-state index contributed by atoms with van der Waals surface area (Å²) in [5, 5.41) is 23.6. The van der Waals surface area contributed by atoms with Crippen molar-refractivity contribution in [2.24, 2.45) is 5.73 Å². The lowest BCUT2D eigenvalue weighted by Gasteiger charge is -2.27. The number of tetrazole rings is 1. The summed E-state index contributed by atoms with van der Waals surface area (Å²) in [4.78, 5) is 19.0. The van der Waals surface area contributed by atoms with Crippen molar-refractivity contribution >= 4 is 23.1 Å². The van der Waals surface area contributed by atoms with Crippen molar-refractivity contribution in [1.82, 2.24) is 34.8 Å². The summed E-state index contributed by atoms with van der Waals surface area (Å²) < 4.78 is 1.56. The van der Waals surface area contributed by atoms with Crippen molar-refractivity contribution in [3.8, 4) is 11.4 Å². The second-order valence-corrected chi connectivity index (χ2v) is 8.95. The number of imidazole rings is 1. The van der Waals surface area contributed by atoms with Crippen LogP contribution in [0.4, 0.5) is 11.5 Å². The molecular formula is C23H28N10O. The van der Waals surface area contributed by atoms with E-state index in [-0.39, 0.29) is 18.0 Å². The molecule has 0 saturated heterocycles. The Bertz CT molecular complexity index is 1300. The molecule has 1 saturated carbocycles. The van der Waals surface area contributed by atoms with E-state index in [2.05, 4.69) is 36.1 Å². The Hall–Kier alpha value is -3.86. The fourth-order valence-electron chi connectivity index (χ4n) is 4.07. The van der Waals surface area contributed by atoms with Gasteiger partial charge in [0.2, 0.25) is 5.82 Å². The molecule has 1 amide bonds. The molecule has 0 aliphatic heterocycles. The largest absolute Gasteiger partial charge is 0.366 e. The second kappa shape index (κ2) is 9.18. The minimum atomic E-state index is -0.309. The van der Waals surface area contributed by atoms with Gasteiger partial charge in [0, 0.05) is 23.3 Å². The van der Waals surface area contributed by atoms with Gasteiger partial charge in [0.15, 0.2) is 11.3 Å². The Morgan fingerprint density at radius 3 is 2.71 bits per heavy atom. The van der Waals surface area contributed by atoms with Gasteiger partial charge in [-0.15, -0.1) is 15.3 Å². The third-order valence-electron chi connectivity index (χ3n) is 5.99. The minimum absolute atomic E-state index is 0.113. The summed E-state index contributed by atoms with van der Waals surface area (Å²) in [6, 6.07) is 11.8. The number of fused-ring (bicyclic) bond motifs is 1. The highest BCUT2D eigenvalue weighted by atomic mass is 16.2. The second-order valence-electron chi connectivity index (χ2n) is 8.95. The number of nitrogens with zero attached hydrogens (tertiary/aromatic N) is 7. The van der Waals surface area contributed by atoms with E-state index in [9.17, 15) is 4.79 Å². The molecule has 3 heterocycles. The molecule has 176 valence electrons. The van der Waals surface area contributed by atoms with Crippen LogP contribution in [0.15, 0.2) is 42.6 Å². The molecular weight excluding hydrogens is 432 g/mol. The number of hydrogen-bond acceptors (Lipinski definition) is 8. The smallest absolute Gasteiger partial charge is 0.276 e. The van der Waals surface area contributed by atoms with Gasteiger partial charge in [0.05, 0.1) is 12.2 Å². The first kappa shape index (κ1) is 22.0. The van der Waals surface area contributed by atoms with E-state index in [4.69, 9.17) is 5.73 Å². The van der Waals surface area contributed by atoms with Gasteiger partial charge in [-0.2, -0.15) is 4.80 Å². The number of hydrogen-bond donors (Lipinski definition) is 3. The van der Waals surface area contributed by atoms with Gasteiger partial charge in [-0.1, -0.05) is 12.1 Å². The van der Waals surface area contributed by atoms with Crippen LogP contribution in [0.3, 0.4) is 0 Å². The number of amides is 1. The fourth-order valence-corrected chi connectivity index (χ4v) is 4.07. The molecule has 11 heteroatoms. The normalized spacial score (nSPS) is 18.4. The van der Waals surface area contributed by atoms with E-state index in [1.807, 2.05) is 50.2 Å². The molecule has 0 bridgehead atoms. The van der Waals surface area contributed by atoms with Crippen LogP contribution in [0.1, 0.15) is 56.1 Å². The van der Waals surface area contributed by atoms with Gasteiger partial charge in [0.1, 0.15) is 5.82 Å². The van der Waals surface area contributed by atoms with Crippen molar-refractivity contribution in [2.45, 2.75) is 57.7 Å². The SMILES string of the molecule is CC(C)n1nnc(-c2cccc(NC(=O)c3cnc4ccc(NC5CCC(N)CC5)nn34)c2)n1. The molecule has 34 heavy (non-hydrogen) atoms. The molecule has 1 fully saturated rings. The highest BCUT2D eigenvalue weighted by Gasteiger charge is 2.20. The molecule has 4 aromatic rings.